The quantitative estimate of drug-likeness (QED) is 0.517. The van der Waals surface area contributed by atoms with Gasteiger partial charge in [0.1, 0.15) is 0 Å². The molecule has 2 heteroatoms. The molecule has 0 heterocycles. The van der Waals surface area contributed by atoms with Crippen LogP contribution in [0.1, 0.15) is 58.3 Å². The van der Waals surface area contributed by atoms with E-state index in [0.29, 0.717) is 0 Å². The molecule has 0 fully saturated rings. The van der Waals surface area contributed by atoms with Crippen LogP contribution < -0.4 is 10.6 Å². The molecule has 15 heavy (non-hydrogen) atoms. The predicted molar refractivity (Wildman–Crippen MR) is 69.4 cm³/mol. The zero-order chi connectivity index (χ0) is 11.4. The summed E-state index contributed by atoms with van der Waals surface area (Å²) in [6, 6.07) is 0.745. The number of unbranched alkanes of at least 4 members (excludes halogenated alkanes) is 5. The molecule has 0 aliphatic carbocycles. The smallest absolute Gasteiger partial charge is 0.00614 e. The van der Waals surface area contributed by atoms with Crippen LogP contribution in [0, 0.1) is 0 Å². The van der Waals surface area contributed by atoms with Gasteiger partial charge in [0.05, 0.1) is 0 Å². The highest BCUT2D eigenvalue weighted by atomic mass is 14.9. The Morgan fingerprint density at radius 2 is 1.47 bits per heavy atom. The molecule has 2 N–H and O–H groups in total. The average molecular weight is 214 g/mol. The summed E-state index contributed by atoms with van der Waals surface area (Å²) in [6.07, 6.45) is 11.0. The molecule has 1 atom stereocenters. The molecule has 2 nitrogen and oxygen atoms in total. The minimum absolute atomic E-state index is 0.745. The van der Waals surface area contributed by atoms with Crippen molar-refractivity contribution >= 4 is 0 Å². The molecule has 0 aromatic heterocycles. The van der Waals surface area contributed by atoms with Gasteiger partial charge in [-0.15, -0.1) is 0 Å². The fourth-order valence-electron chi connectivity index (χ4n) is 1.95. The summed E-state index contributed by atoms with van der Waals surface area (Å²) in [4.78, 5) is 0. The summed E-state index contributed by atoms with van der Waals surface area (Å²) >= 11 is 0. The van der Waals surface area contributed by atoms with Crippen LogP contribution in [0.4, 0.5) is 0 Å². The van der Waals surface area contributed by atoms with Gasteiger partial charge in [0.15, 0.2) is 0 Å². The van der Waals surface area contributed by atoms with Gasteiger partial charge in [-0.2, -0.15) is 0 Å². The zero-order valence-corrected chi connectivity index (χ0v) is 10.9. The first-order chi connectivity index (χ1) is 7.35. The van der Waals surface area contributed by atoms with E-state index in [2.05, 4.69) is 24.6 Å². The van der Waals surface area contributed by atoms with E-state index >= 15 is 0 Å². The molecule has 0 aliphatic heterocycles. The fraction of sp³-hybridized carbons (Fsp3) is 1.00. The summed E-state index contributed by atoms with van der Waals surface area (Å²) < 4.78 is 0. The van der Waals surface area contributed by atoms with Gasteiger partial charge in [-0.3, -0.25) is 0 Å². The van der Waals surface area contributed by atoms with Crippen molar-refractivity contribution < 1.29 is 0 Å². The Morgan fingerprint density at radius 1 is 0.867 bits per heavy atom. The van der Waals surface area contributed by atoms with Gasteiger partial charge in [-0.25, -0.2) is 0 Å². The number of rotatable bonds is 11. The maximum atomic E-state index is 3.36. The Bertz CT molecular complexity index is 111. The van der Waals surface area contributed by atoms with Crippen LogP contribution in [0.15, 0.2) is 0 Å². The number of hydrogen-bond acceptors (Lipinski definition) is 2. The largest absolute Gasteiger partial charge is 0.320 e. The van der Waals surface area contributed by atoms with Crippen LogP contribution >= 0.6 is 0 Å². The second-order valence-corrected chi connectivity index (χ2v) is 4.41. The molecule has 0 amide bonds. The Kier molecular flexibility index (Phi) is 11.9. The molecular weight excluding hydrogens is 184 g/mol. The molecule has 0 aromatic rings. The van der Waals surface area contributed by atoms with Crippen LogP contribution in [0.5, 0.6) is 0 Å². The highest BCUT2D eigenvalue weighted by Gasteiger charge is 2.01. The monoisotopic (exact) mass is 214 g/mol. The van der Waals surface area contributed by atoms with Gasteiger partial charge in [0.2, 0.25) is 0 Å². The van der Waals surface area contributed by atoms with Gasteiger partial charge in [-0.1, -0.05) is 39.0 Å². The predicted octanol–water partition coefficient (Wildman–Crippen LogP) is 2.93. The molecule has 92 valence electrons. The first kappa shape index (κ1) is 14.9. The highest BCUT2D eigenvalue weighted by Crippen LogP contribution is 2.09. The summed E-state index contributed by atoms with van der Waals surface area (Å²) in [6.45, 7) is 3.44. The van der Waals surface area contributed by atoms with Gasteiger partial charge in [0.25, 0.3) is 0 Å². The maximum Gasteiger partial charge on any atom is 0.00614 e. The van der Waals surface area contributed by atoms with Crippen molar-refractivity contribution in [3.8, 4) is 0 Å². The molecule has 0 radical (unpaired) electrons. The standard InChI is InChI=1S/C13H30N2/c1-4-13(15-3)11-9-7-5-6-8-10-12-14-2/h13-15H,4-12H2,1-3H3. The first-order valence-electron chi connectivity index (χ1n) is 6.67. The Labute approximate surface area is 96.2 Å². The molecule has 0 aromatic carbocycles. The fourth-order valence-corrected chi connectivity index (χ4v) is 1.95. The van der Waals surface area contributed by atoms with E-state index < -0.39 is 0 Å². The van der Waals surface area contributed by atoms with Crippen LogP contribution in [-0.2, 0) is 0 Å². The summed E-state index contributed by atoms with van der Waals surface area (Å²) in [5.41, 5.74) is 0. The number of hydrogen-bond donors (Lipinski definition) is 2. The second kappa shape index (κ2) is 12.0. The third-order valence-electron chi connectivity index (χ3n) is 3.13. The van der Waals surface area contributed by atoms with Crippen molar-refractivity contribution in [3.05, 3.63) is 0 Å². The van der Waals surface area contributed by atoms with E-state index in [1.165, 1.54) is 57.9 Å². The first-order valence-corrected chi connectivity index (χ1v) is 6.67. The van der Waals surface area contributed by atoms with Gasteiger partial charge < -0.3 is 10.6 Å². The van der Waals surface area contributed by atoms with Crippen molar-refractivity contribution in [2.24, 2.45) is 0 Å². The Balaban J connectivity index is 3.04. The van der Waals surface area contributed by atoms with E-state index in [1.807, 2.05) is 7.05 Å². The third-order valence-corrected chi connectivity index (χ3v) is 3.13. The lowest BCUT2D eigenvalue weighted by molar-refractivity contribution is 0.470. The van der Waals surface area contributed by atoms with Crippen molar-refractivity contribution in [2.45, 2.75) is 64.3 Å². The second-order valence-electron chi connectivity index (χ2n) is 4.41. The Hall–Kier alpha value is -0.0800. The summed E-state index contributed by atoms with van der Waals surface area (Å²) in [5, 5.41) is 6.55. The minimum Gasteiger partial charge on any atom is -0.320 e. The molecule has 0 saturated carbocycles. The molecule has 0 rings (SSSR count). The normalized spacial score (nSPS) is 13.0. The molecular formula is C13H30N2. The van der Waals surface area contributed by atoms with E-state index in [-0.39, 0.29) is 0 Å². The highest BCUT2D eigenvalue weighted by molar-refractivity contribution is 4.61. The number of nitrogens with one attached hydrogen (secondary N) is 2. The van der Waals surface area contributed by atoms with Crippen molar-refractivity contribution in [3.63, 3.8) is 0 Å². The topological polar surface area (TPSA) is 24.1 Å². The van der Waals surface area contributed by atoms with Crippen LogP contribution in [-0.4, -0.2) is 26.7 Å². The Morgan fingerprint density at radius 3 is 2.00 bits per heavy atom. The van der Waals surface area contributed by atoms with Gasteiger partial charge in [0, 0.05) is 6.04 Å². The van der Waals surface area contributed by atoms with Crippen molar-refractivity contribution in [2.75, 3.05) is 20.6 Å². The lowest BCUT2D eigenvalue weighted by Gasteiger charge is -2.12. The van der Waals surface area contributed by atoms with E-state index in [0.717, 1.165) is 6.04 Å². The van der Waals surface area contributed by atoms with Gasteiger partial charge in [-0.05, 0) is 39.9 Å². The lowest BCUT2D eigenvalue weighted by Crippen LogP contribution is -2.23. The molecule has 0 aliphatic rings. The summed E-state index contributed by atoms with van der Waals surface area (Å²) in [5.74, 6) is 0. The molecule has 0 bridgehead atoms. The molecule has 0 saturated heterocycles. The maximum absolute atomic E-state index is 3.36. The zero-order valence-electron chi connectivity index (χ0n) is 10.9. The SMILES string of the molecule is CCC(CCCCCCCCNC)NC. The van der Waals surface area contributed by atoms with Crippen LogP contribution in [0.3, 0.4) is 0 Å². The lowest BCUT2D eigenvalue weighted by atomic mass is 10.0. The summed E-state index contributed by atoms with van der Waals surface area (Å²) in [7, 11) is 4.11. The van der Waals surface area contributed by atoms with Crippen molar-refractivity contribution in [1.82, 2.24) is 10.6 Å². The minimum atomic E-state index is 0.745. The molecule has 0 spiro atoms. The van der Waals surface area contributed by atoms with Crippen LogP contribution in [0.25, 0.3) is 0 Å². The van der Waals surface area contributed by atoms with Crippen LogP contribution in [0.2, 0.25) is 0 Å². The molecule has 1 unspecified atom stereocenters. The van der Waals surface area contributed by atoms with Crippen molar-refractivity contribution in [1.29, 1.82) is 0 Å². The van der Waals surface area contributed by atoms with E-state index in [9.17, 15) is 0 Å². The average Bonchev–Trinajstić information content (AvgIpc) is 2.27. The van der Waals surface area contributed by atoms with E-state index in [1.54, 1.807) is 0 Å². The third kappa shape index (κ3) is 10.2. The van der Waals surface area contributed by atoms with E-state index in [4.69, 9.17) is 0 Å². The van der Waals surface area contributed by atoms with Gasteiger partial charge >= 0.3 is 0 Å².